The summed E-state index contributed by atoms with van der Waals surface area (Å²) < 4.78 is 0. The van der Waals surface area contributed by atoms with Crippen LogP contribution in [0.15, 0.2) is 17.1 Å². The van der Waals surface area contributed by atoms with E-state index in [9.17, 15) is 0 Å². The van der Waals surface area contributed by atoms with Crippen molar-refractivity contribution in [2.75, 3.05) is 13.1 Å². The number of amidine groups is 1. The van der Waals surface area contributed by atoms with E-state index >= 15 is 0 Å². The molecule has 2 nitrogen and oxygen atoms in total. The van der Waals surface area contributed by atoms with E-state index in [1.807, 2.05) is 0 Å². The minimum Gasteiger partial charge on any atom is -0.374 e. The van der Waals surface area contributed by atoms with Gasteiger partial charge in [-0.05, 0) is 6.42 Å². The Balaban J connectivity index is 2.11. The maximum Gasteiger partial charge on any atom is 0.100 e. The fourth-order valence-electron chi connectivity index (χ4n) is 1.03. The molecule has 1 N–H and O–H groups in total. The van der Waals surface area contributed by atoms with Crippen molar-refractivity contribution in [3.05, 3.63) is 12.2 Å². The first kappa shape index (κ1) is 8.31. The molecule has 0 aromatic carbocycles. The van der Waals surface area contributed by atoms with Gasteiger partial charge >= 0.3 is 0 Å². The van der Waals surface area contributed by atoms with E-state index in [4.69, 9.17) is 0 Å². The Morgan fingerprint density at radius 1 is 1.55 bits per heavy atom. The van der Waals surface area contributed by atoms with E-state index in [2.05, 4.69) is 29.4 Å². The van der Waals surface area contributed by atoms with Gasteiger partial charge in [-0.3, -0.25) is 4.99 Å². The fourth-order valence-corrected chi connectivity index (χ4v) is 1.03. The van der Waals surface area contributed by atoms with Gasteiger partial charge in [0.2, 0.25) is 0 Å². The van der Waals surface area contributed by atoms with Gasteiger partial charge in [-0.25, -0.2) is 0 Å². The number of nitrogens with zero attached hydrogens (tertiary/aromatic N) is 1. The second kappa shape index (κ2) is 4.94. The van der Waals surface area contributed by atoms with Crippen molar-refractivity contribution in [2.45, 2.75) is 26.2 Å². The monoisotopic (exact) mass is 152 g/mol. The van der Waals surface area contributed by atoms with Crippen LogP contribution in [0.1, 0.15) is 26.2 Å². The third kappa shape index (κ3) is 3.21. The Bertz CT molecular complexity index is 159. The number of hydrogen-bond donors (Lipinski definition) is 1. The molecule has 62 valence electrons. The molecule has 0 unspecified atom stereocenters. The molecule has 0 saturated heterocycles. The molecule has 1 heterocycles. The van der Waals surface area contributed by atoms with Crippen molar-refractivity contribution >= 4 is 5.84 Å². The van der Waals surface area contributed by atoms with E-state index in [0.717, 1.165) is 25.3 Å². The summed E-state index contributed by atoms with van der Waals surface area (Å²) in [7, 11) is 0. The van der Waals surface area contributed by atoms with Gasteiger partial charge < -0.3 is 5.32 Å². The van der Waals surface area contributed by atoms with Crippen LogP contribution in [0.4, 0.5) is 0 Å². The average Bonchev–Trinajstić information content (AvgIpc) is 2.07. The van der Waals surface area contributed by atoms with Crippen LogP contribution in [0, 0.1) is 0 Å². The maximum absolute atomic E-state index is 4.32. The number of nitrogens with one attached hydrogen (secondary N) is 1. The quantitative estimate of drug-likeness (QED) is 0.483. The summed E-state index contributed by atoms with van der Waals surface area (Å²) in [6, 6.07) is 0. The van der Waals surface area contributed by atoms with Gasteiger partial charge in [0.05, 0.1) is 6.54 Å². The highest BCUT2D eigenvalue weighted by molar-refractivity contribution is 5.84. The molecular weight excluding hydrogens is 136 g/mol. The number of unbranched alkanes of at least 4 members (excludes halogenated alkanes) is 1. The number of aliphatic imine (C=N–C) groups is 1. The molecule has 11 heavy (non-hydrogen) atoms. The lowest BCUT2D eigenvalue weighted by Gasteiger charge is -2.09. The minimum absolute atomic E-state index is 0.856. The Morgan fingerprint density at radius 2 is 2.45 bits per heavy atom. The molecule has 2 heteroatoms. The number of rotatable bonds is 3. The standard InChI is InChI=1S/C9H16N2/c1-2-3-7-10-9-6-4-5-8-11-9/h4-5H,2-3,6-8H2,1H3,(H,10,11). The molecule has 1 aliphatic rings. The van der Waals surface area contributed by atoms with Crippen molar-refractivity contribution in [2.24, 2.45) is 4.99 Å². The number of dihydropyridines is 1. The zero-order valence-corrected chi connectivity index (χ0v) is 7.14. The predicted octanol–water partition coefficient (Wildman–Crippen LogP) is 1.73. The Hall–Kier alpha value is -0.790. The van der Waals surface area contributed by atoms with E-state index < -0.39 is 0 Å². The minimum atomic E-state index is 0.856. The van der Waals surface area contributed by atoms with Gasteiger partial charge in [0.1, 0.15) is 5.84 Å². The summed E-state index contributed by atoms with van der Waals surface area (Å²) in [5.41, 5.74) is 0. The number of hydrogen-bond acceptors (Lipinski definition) is 2. The summed E-state index contributed by atoms with van der Waals surface area (Å²) in [6.07, 6.45) is 7.74. The summed E-state index contributed by atoms with van der Waals surface area (Å²) in [4.78, 5) is 4.32. The maximum atomic E-state index is 4.32. The van der Waals surface area contributed by atoms with E-state index in [0.29, 0.717) is 0 Å². The summed E-state index contributed by atoms with van der Waals surface area (Å²) >= 11 is 0. The SMILES string of the molecule is CCCCNC1=NCC=CC1. The van der Waals surface area contributed by atoms with Gasteiger partial charge in [0, 0.05) is 13.0 Å². The highest BCUT2D eigenvalue weighted by atomic mass is 15.0. The molecule has 0 aromatic rings. The molecule has 0 aliphatic carbocycles. The third-order valence-corrected chi connectivity index (χ3v) is 1.72. The van der Waals surface area contributed by atoms with Crippen LogP contribution in [0.5, 0.6) is 0 Å². The van der Waals surface area contributed by atoms with Crippen molar-refractivity contribution in [1.29, 1.82) is 0 Å². The second-order valence-corrected chi connectivity index (χ2v) is 2.74. The molecule has 0 radical (unpaired) electrons. The van der Waals surface area contributed by atoms with Crippen LogP contribution in [0.3, 0.4) is 0 Å². The Kier molecular flexibility index (Phi) is 3.73. The summed E-state index contributed by atoms with van der Waals surface area (Å²) in [5.74, 6) is 1.15. The van der Waals surface area contributed by atoms with Gasteiger partial charge in [0.25, 0.3) is 0 Å². The van der Waals surface area contributed by atoms with Crippen molar-refractivity contribution in [3.63, 3.8) is 0 Å². The van der Waals surface area contributed by atoms with Crippen LogP contribution in [-0.4, -0.2) is 18.9 Å². The normalized spacial score (nSPS) is 16.3. The average molecular weight is 152 g/mol. The van der Waals surface area contributed by atoms with E-state index in [-0.39, 0.29) is 0 Å². The topological polar surface area (TPSA) is 24.4 Å². The zero-order chi connectivity index (χ0) is 7.94. The predicted molar refractivity (Wildman–Crippen MR) is 49.0 cm³/mol. The molecule has 0 amide bonds. The highest BCUT2D eigenvalue weighted by Gasteiger charge is 1.97. The smallest absolute Gasteiger partial charge is 0.100 e. The lowest BCUT2D eigenvalue weighted by molar-refractivity contribution is 0.747. The largest absolute Gasteiger partial charge is 0.374 e. The highest BCUT2D eigenvalue weighted by Crippen LogP contribution is 1.95. The van der Waals surface area contributed by atoms with Gasteiger partial charge in [-0.1, -0.05) is 25.5 Å². The van der Waals surface area contributed by atoms with Crippen LogP contribution in [-0.2, 0) is 0 Å². The van der Waals surface area contributed by atoms with Gasteiger partial charge in [0.15, 0.2) is 0 Å². The molecule has 0 saturated carbocycles. The van der Waals surface area contributed by atoms with Crippen molar-refractivity contribution in [3.8, 4) is 0 Å². The lowest BCUT2D eigenvalue weighted by Crippen LogP contribution is -2.25. The van der Waals surface area contributed by atoms with Crippen LogP contribution in [0.2, 0.25) is 0 Å². The first-order valence-electron chi connectivity index (χ1n) is 4.35. The Labute approximate surface area is 68.4 Å². The van der Waals surface area contributed by atoms with E-state index in [1.165, 1.54) is 12.8 Å². The van der Waals surface area contributed by atoms with Crippen LogP contribution < -0.4 is 5.32 Å². The molecule has 0 aromatic heterocycles. The first-order valence-corrected chi connectivity index (χ1v) is 4.35. The first-order chi connectivity index (χ1) is 5.43. The molecule has 0 spiro atoms. The summed E-state index contributed by atoms with van der Waals surface area (Å²) in [5, 5.41) is 3.32. The molecule has 1 aliphatic heterocycles. The zero-order valence-electron chi connectivity index (χ0n) is 7.14. The molecule has 0 bridgehead atoms. The molecule has 0 atom stereocenters. The molecular formula is C9H16N2. The lowest BCUT2D eigenvalue weighted by atomic mass is 10.3. The van der Waals surface area contributed by atoms with Crippen molar-refractivity contribution < 1.29 is 0 Å². The fraction of sp³-hybridized carbons (Fsp3) is 0.667. The van der Waals surface area contributed by atoms with Gasteiger partial charge in [-0.15, -0.1) is 0 Å². The van der Waals surface area contributed by atoms with Gasteiger partial charge in [-0.2, -0.15) is 0 Å². The van der Waals surface area contributed by atoms with E-state index in [1.54, 1.807) is 0 Å². The Morgan fingerprint density at radius 3 is 3.09 bits per heavy atom. The second-order valence-electron chi connectivity index (χ2n) is 2.74. The third-order valence-electron chi connectivity index (χ3n) is 1.72. The van der Waals surface area contributed by atoms with Crippen LogP contribution in [0.25, 0.3) is 0 Å². The summed E-state index contributed by atoms with van der Waals surface area (Å²) in [6.45, 7) is 4.13. The molecule has 1 rings (SSSR count). The van der Waals surface area contributed by atoms with Crippen molar-refractivity contribution in [1.82, 2.24) is 5.32 Å². The van der Waals surface area contributed by atoms with Crippen LogP contribution >= 0.6 is 0 Å². The molecule has 0 fully saturated rings.